The molecule has 40 heavy (non-hydrogen) atoms. The molecule has 2 aliphatic heterocycles. The number of hydrogen-bond donors (Lipinski definition) is 1. The number of anilines is 2. The van der Waals surface area contributed by atoms with Gasteiger partial charge in [0.1, 0.15) is 24.1 Å². The summed E-state index contributed by atoms with van der Waals surface area (Å²) < 4.78 is 30.5. The summed E-state index contributed by atoms with van der Waals surface area (Å²) in [6.45, 7) is 3.56. The fraction of sp³-hybridized carbons (Fsp3) is 0.357. The van der Waals surface area contributed by atoms with Gasteiger partial charge >= 0.3 is 23.0 Å². The number of benzene rings is 2. The summed E-state index contributed by atoms with van der Waals surface area (Å²) in [5, 5.41) is 1.49. The molecule has 0 aliphatic carbocycles. The number of methoxy groups -OCH3 is 1. The van der Waals surface area contributed by atoms with E-state index < -0.39 is 48.5 Å². The Balaban J connectivity index is 1.64. The van der Waals surface area contributed by atoms with E-state index in [2.05, 4.69) is 0 Å². The highest BCUT2D eigenvalue weighted by Crippen LogP contribution is 2.50. The second-order valence-corrected chi connectivity index (χ2v) is 10.7. The molecule has 5 rings (SSSR count). The topological polar surface area (TPSA) is 104 Å². The van der Waals surface area contributed by atoms with Crippen LogP contribution in [0.4, 0.5) is 10.8 Å². The van der Waals surface area contributed by atoms with Crippen LogP contribution >= 0.6 is 24.0 Å². The largest absolute Gasteiger partial charge is 0.497 e. The fourth-order valence-corrected chi connectivity index (χ4v) is 6.91. The summed E-state index contributed by atoms with van der Waals surface area (Å²) in [5.74, 6) is -0.967. The first-order valence-electron chi connectivity index (χ1n) is 12.6. The fourth-order valence-electron chi connectivity index (χ4n) is 5.11. The Bertz CT molecular complexity index is 1410. The molecule has 3 heterocycles. The van der Waals surface area contributed by atoms with Crippen LogP contribution in [-0.2, 0) is 33.3 Å². The van der Waals surface area contributed by atoms with E-state index in [1.54, 1.807) is 7.11 Å². The number of carbonyl (C=O) groups is 3. The van der Waals surface area contributed by atoms with Crippen LogP contribution < -0.4 is 14.2 Å². The van der Waals surface area contributed by atoms with E-state index in [-0.39, 0.29) is 6.61 Å². The van der Waals surface area contributed by atoms with Gasteiger partial charge in [-0.1, -0.05) is 43.0 Å². The van der Waals surface area contributed by atoms with Crippen LogP contribution in [0.1, 0.15) is 26.8 Å². The van der Waals surface area contributed by atoms with Gasteiger partial charge < -0.3 is 23.7 Å². The summed E-state index contributed by atoms with van der Waals surface area (Å²) in [5.41, 5.74) is 1.79. The van der Waals surface area contributed by atoms with Gasteiger partial charge in [0.25, 0.3) is 0 Å². The molecule has 0 saturated carbocycles. The van der Waals surface area contributed by atoms with E-state index >= 15 is 0 Å². The molecule has 5 atom stereocenters. The van der Waals surface area contributed by atoms with E-state index in [1.165, 1.54) is 32.1 Å². The van der Waals surface area contributed by atoms with Gasteiger partial charge in [-0.15, -0.1) is 0 Å². The molecular formula is C28H29N2O8S2+. The smallest absolute Gasteiger partial charge is 0.345 e. The summed E-state index contributed by atoms with van der Waals surface area (Å²) >= 11 is 6.47. The quantitative estimate of drug-likeness (QED) is 0.183. The van der Waals surface area contributed by atoms with Gasteiger partial charge in [-0.05, 0) is 41.2 Å². The lowest BCUT2D eigenvalue weighted by Gasteiger charge is -2.27. The second-order valence-electron chi connectivity index (χ2n) is 9.35. The lowest BCUT2D eigenvalue weighted by atomic mass is 10.0. The molecule has 0 bridgehead atoms. The van der Waals surface area contributed by atoms with Crippen molar-refractivity contribution >= 4 is 52.7 Å². The van der Waals surface area contributed by atoms with Crippen LogP contribution in [0.25, 0.3) is 10.4 Å². The van der Waals surface area contributed by atoms with Crippen molar-refractivity contribution in [3.63, 3.8) is 0 Å². The molecule has 10 nitrogen and oxygen atoms in total. The van der Waals surface area contributed by atoms with Crippen molar-refractivity contribution in [2.45, 2.75) is 56.4 Å². The third-order valence-corrected chi connectivity index (χ3v) is 8.46. The highest BCUT2D eigenvalue weighted by Gasteiger charge is 2.65. The zero-order valence-electron chi connectivity index (χ0n) is 22.3. The summed E-state index contributed by atoms with van der Waals surface area (Å²) in [7, 11) is 1.60. The molecular weight excluding hydrogens is 556 g/mol. The normalized spacial score (nSPS) is 21.8. The maximum Gasteiger partial charge on any atom is 0.345 e. The number of thiazole rings is 1. The van der Waals surface area contributed by atoms with Crippen molar-refractivity contribution in [2.24, 2.45) is 0 Å². The predicted molar refractivity (Wildman–Crippen MR) is 148 cm³/mol. The third kappa shape index (κ3) is 5.26. The first-order chi connectivity index (χ1) is 19.2. The van der Waals surface area contributed by atoms with E-state index in [0.717, 1.165) is 21.3 Å². The summed E-state index contributed by atoms with van der Waals surface area (Å²) in [6.07, 6.45) is -3.50. The first kappa shape index (κ1) is 27.9. The molecule has 0 spiro atoms. The Morgan fingerprint density at radius 1 is 1.02 bits per heavy atom. The van der Waals surface area contributed by atoms with Gasteiger partial charge in [-0.2, -0.15) is 9.47 Å². The molecule has 210 valence electrons. The van der Waals surface area contributed by atoms with Crippen LogP contribution in [0.2, 0.25) is 0 Å². The van der Waals surface area contributed by atoms with Crippen molar-refractivity contribution in [2.75, 3.05) is 18.6 Å². The average molecular weight is 586 g/mol. The molecule has 1 fully saturated rings. The van der Waals surface area contributed by atoms with Crippen LogP contribution in [0, 0.1) is 0 Å². The Hall–Kier alpha value is -3.61. The van der Waals surface area contributed by atoms with E-state index in [1.807, 2.05) is 64.1 Å². The van der Waals surface area contributed by atoms with Gasteiger partial charge in [0.15, 0.2) is 17.2 Å². The zero-order chi connectivity index (χ0) is 28.6. The van der Waals surface area contributed by atoms with Crippen molar-refractivity contribution in [1.29, 1.82) is 0 Å². The van der Waals surface area contributed by atoms with Crippen molar-refractivity contribution < 1.29 is 42.6 Å². The molecule has 12 heteroatoms. The molecule has 0 unspecified atom stereocenters. The molecule has 2 aromatic carbocycles. The summed E-state index contributed by atoms with van der Waals surface area (Å²) in [4.78, 5) is 38.9. The predicted octanol–water partition coefficient (Wildman–Crippen LogP) is 3.84. The van der Waals surface area contributed by atoms with Gasteiger partial charge in [0.2, 0.25) is 12.3 Å². The third-order valence-electron chi connectivity index (χ3n) is 6.66. The zero-order valence-corrected chi connectivity index (χ0v) is 24.0. The SMILES string of the molecule is COc1ccc(N2c3sc(-c4ccccc4)c(S)[n+]3[C@@H]3[C@@H](OC(C)=O)[C@@H]([C@@H](COC(C)=O)OC(C)=O)O[C@@H]32)cc1. The Morgan fingerprint density at radius 2 is 1.73 bits per heavy atom. The number of ether oxygens (including phenoxy) is 5. The average Bonchev–Trinajstić information content (AvgIpc) is 3.54. The molecule has 3 aromatic rings. The van der Waals surface area contributed by atoms with E-state index in [4.69, 9.17) is 36.3 Å². The van der Waals surface area contributed by atoms with Gasteiger partial charge in [0.05, 0.1) is 12.0 Å². The number of hydrogen-bond acceptors (Lipinski definition) is 11. The number of fused-ring (bicyclic) bond motifs is 3. The Labute approximate surface area is 240 Å². The van der Waals surface area contributed by atoms with Crippen molar-refractivity contribution in [3.8, 4) is 16.2 Å². The second kappa shape index (κ2) is 11.5. The highest BCUT2D eigenvalue weighted by atomic mass is 32.1. The number of rotatable bonds is 8. The molecule has 0 radical (unpaired) electrons. The van der Waals surface area contributed by atoms with E-state index in [0.29, 0.717) is 10.8 Å². The number of esters is 3. The molecule has 1 saturated heterocycles. The maximum atomic E-state index is 12.4. The van der Waals surface area contributed by atoms with Crippen LogP contribution in [0.5, 0.6) is 5.75 Å². The summed E-state index contributed by atoms with van der Waals surface area (Å²) in [6, 6.07) is 16.8. The van der Waals surface area contributed by atoms with Crippen LogP contribution in [0.3, 0.4) is 0 Å². The molecule has 0 N–H and O–H groups in total. The number of thiol groups is 1. The van der Waals surface area contributed by atoms with Gasteiger partial charge in [0, 0.05) is 20.8 Å². The minimum atomic E-state index is -1.02. The molecule has 0 amide bonds. The van der Waals surface area contributed by atoms with Gasteiger partial charge in [-0.25, -0.2) is 0 Å². The number of aromatic nitrogens is 1. The lowest BCUT2D eigenvalue weighted by molar-refractivity contribution is -0.736. The minimum Gasteiger partial charge on any atom is -0.497 e. The molecule has 1 aromatic heterocycles. The Kier molecular flexibility index (Phi) is 8.02. The van der Waals surface area contributed by atoms with Crippen molar-refractivity contribution in [1.82, 2.24) is 0 Å². The van der Waals surface area contributed by atoms with E-state index in [9.17, 15) is 14.4 Å². The van der Waals surface area contributed by atoms with Crippen LogP contribution in [0.15, 0.2) is 59.6 Å². The Morgan fingerprint density at radius 3 is 2.33 bits per heavy atom. The van der Waals surface area contributed by atoms with Crippen molar-refractivity contribution in [3.05, 3.63) is 54.6 Å². The van der Waals surface area contributed by atoms with Gasteiger partial charge in [-0.3, -0.25) is 14.4 Å². The molecule has 2 aliphatic rings. The maximum absolute atomic E-state index is 12.4. The minimum absolute atomic E-state index is 0.260. The standard InChI is InChI=1S/C28H28N2O8S2/c1-15(31)35-14-21(36-16(2)32)23-24(37-17(3)33)22-26(38-23)29(19-10-12-20(34-4)13-11-19)28-30(22)27(39)25(40-28)18-8-6-5-7-9-18/h5-13,21-24,26H,14H2,1-4H3/p+1/t21-,22-,23-,24-,26+/m1/s1. The number of carbonyl (C=O) groups excluding carboxylic acids is 3. The monoisotopic (exact) mass is 585 g/mol. The van der Waals surface area contributed by atoms with Crippen LogP contribution in [-0.4, -0.2) is 56.2 Å². The number of nitrogens with zero attached hydrogens (tertiary/aromatic N) is 2. The lowest BCUT2D eigenvalue weighted by Crippen LogP contribution is -2.50. The highest BCUT2D eigenvalue weighted by molar-refractivity contribution is 7.80. The first-order valence-corrected chi connectivity index (χ1v) is 13.8.